The van der Waals surface area contributed by atoms with Crippen LogP contribution in [-0.4, -0.2) is 6.61 Å². The van der Waals surface area contributed by atoms with E-state index < -0.39 is 0 Å². The molecule has 1 aromatic rings. The van der Waals surface area contributed by atoms with Crippen molar-refractivity contribution in [1.29, 1.82) is 0 Å². The van der Waals surface area contributed by atoms with Crippen LogP contribution in [-0.2, 0) is 0 Å². The first-order chi connectivity index (χ1) is 6.86. The van der Waals surface area contributed by atoms with Gasteiger partial charge in [0.15, 0.2) is 0 Å². The number of hydrogen-bond donors (Lipinski definition) is 0. The summed E-state index contributed by atoms with van der Waals surface area (Å²) in [5.74, 6) is 1.76. The summed E-state index contributed by atoms with van der Waals surface area (Å²) in [7, 11) is 0. The minimum atomic E-state index is 0.731. The molecule has 0 spiro atoms. The molecule has 1 nitrogen and oxygen atoms in total. The van der Waals surface area contributed by atoms with Crippen molar-refractivity contribution in [1.82, 2.24) is 0 Å². The highest BCUT2D eigenvalue weighted by Crippen LogP contribution is 2.18. The molecule has 14 heavy (non-hydrogen) atoms. The quantitative estimate of drug-likeness (QED) is 0.653. The van der Waals surface area contributed by atoms with Gasteiger partial charge in [-0.1, -0.05) is 33.1 Å². The van der Waals surface area contributed by atoms with Gasteiger partial charge in [-0.2, -0.15) is 0 Å². The Morgan fingerprint density at radius 1 is 1.43 bits per heavy atom. The van der Waals surface area contributed by atoms with E-state index in [0.29, 0.717) is 0 Å². The van der Waals surface area contributed by atoms with Crippen LogP contribution in [0, 0.1) is 5.92 Å². The van der Waals surface area contributed by atoms with Crippen LogP contribution in [0.2, 0.25) is 0 Å². The molecule has 0 aliphatic rings. The van der Waals surface area contributed by atoms with Gasteiger partial charge < -0.3 is 4.74 Å². The van der Waals surface area contributed by atoms with E-state index in [4.69, 9.17) is 4.74 Å². The van der Waals surface area contributed by atoms with E-state index in [-0.39, 0.29) is 0 Å². The summed E-state index contributed by atoms with van der Waals surface area (Å²) in [5.41, 5.74) is 0. The van der Waals surface area contributed by atoms with Crippen molar-refractivity contribution < 1.29 is 4.74 Å². The summed E-state index contributed by atoms with van der Waals surface area (Å²) in [6.45, 7) is 5.37. The second-order valence-corrected chi connectivity index (χ2v) is 4.47. The Morgan fingerprint density at radius 2 is 2.29 bits per heavy atom. The maximum atomic E-state index is 5.71. The van der Waals surface area contributed by atoms with Gasteiger partial charge in [0.1, 0.15) is 5.75 Å². The molecular formula is C12H20OS. The fraction of sp³-hybridized carbons (Fsp3) is 0.667. The first kappa shape index (κ1) is 11.6. The minimum Gasteiger partial charge on any atom is -0.492 e. The lowest BCUT2D eigenvalue weighted by molar-refractivity contribution is 0.234. The molecule has 2 heteroatoms. The first-order valence-electron chi connectivity index (χ1n) is 5.51. The summed E-state index contributed by atoms with van der Waals surface area (Å²) >= 11 is 1.69. The molecular weight excluding hydrogens is 192 g/mol. The number of unbranched alkanes of at least 4 members (excludes halogenated alkanes) is 1. The van der Waals surface area contributed by atoms with Gasteiger partial charge in [-0.05, 0) is 23.8 Å². The van der Waals surface area contributed by atoms with Crippen LogP contribution in [0.15, 0.2) is 16.8 Å². The lowest BCUT2D eigenvalue weighted by Crippen LogP contribution is -2.10. The third-order valence-corrected chi connectivity index (χ3v) is 3.19. The molecule has 1 rings (SSSR count). The van der Waals surface area contributed by atoms with Gasteiger partial charge >= 0.3 is 0 Å². The van der Waals surface area contributed by atoms with Crippen molar-refractivity contribution in [3.63, 3.8) is 0 Å². The second-order valence-electron chi connectivity index (χ2n) is 3.69. The van der Waals surface area contributed by atoms with E-state index in [2.05, 4.69) is 24.6 Å². The van der Waals surface area contributed by atoms with E-state index >= 15 is 0 Å². The molecule has 0 N–H and O–H groups in total. The number of ether oxygens (including phenoxy) is 1. The van der Waals surface area contributed by atoms with Crippen molar-refractivity contribution in [3.8, 4) is 5.75 Å². The molecule has 0 amide bonds. The van der Waals surface area contributed by atoms with Crippen LogP contribution < -0.4 is 4.74 Å². The van der Waals surface area contributed by atoms with Gasteiger partial charge in [0.2, 0.25) is 0 Å². The molecule has 1 atom stereocenters. The molecule has 1 heterocycles. The maximum absolute atomic E-state index is 5.71. The van der Waals surface area contributed by atoms with Crippen molar-refractivity contribution in [2.75, 3.05) is 6.61 Å². The van der Waals surface area contributed by atoms with E-state index in [1.54, 1.807) is 11.3 Å². The Morgan fingerprint density at radius 3 is 2.86 bits per heavy atom. The molecule has 0 radical (unpaired) electrons. The number of thiophene rings is 1. The standard InChI is InChI=1S/C12H20OS/c1-3-5-6-11(4-2)9-13-12-7-8-14-10-12/h7-8,10-11H,3-6,9H2,1-2H3. The number of hydrogen-bond acceptors (Lipinski definition) is 2. The molecule has 0 bridgehead atoms. The zero-order valence-electron chi connectivity index (χ0n) is 9.16. The van der Waals surface area contributed by atoms with E-state index in [0.717, 1.165) is 18.3 Å². The molecule has 0 saturated carbocycles. The van der Waals surface area contributed by atoms with Gasteiger partial charge in [0.25, 0.3) is 0 Å². The normalized spacial score (nSPS) is 12.7. The minimum absolute atomic E-state index is 0.731. The first-order valence-corrected chi connectivity index (χ1v) is 6.46. The zero-order chi connectivity index (χ0) is 10.2. The van der Waals surface area contributed by atoms with Crippen molar-refractivity contribution in [3.05, 3.63) is 16.8 Å². The zero-order valence-corrected chi connectivity index (χ0v) is 9.98. The molecule has 0 aliphatic heterocycles. The average Bonchev–Trinajstić information content (AvgIpc) is 2.71. The smallest absolute Gasteiger partial charge is 0.129 e. The third-order valence-electron chi connectivity index (χ3n) is 2.52. The van der Waals surface area contributed by atoms with Crippen LogP contribution in [0.1, 0.15) is 39.5 Å². The Labute approximate surface area is 91.1 Å². The van der Waals surface area contributed by atoms with Crippen molar-refractivity contribution in [2.45, 2.75) is 39.5 Å². The summed E-state index contributed by atoms with van der Waals surface area (Å²) in [4.78, 5) is 0. The molecule has 0 saturated heterocycles. The Kier molecular flexibility index (Phi) is 5.69. The molecule has 0 aromatic carbocycles. The van der Waals surface area contributed by atoms with Crippen molar-refractivity contribution >= 4 is 11.3 Å². The molecule has 0 fully saturated rings. The summed E-state index contributed by atoms with van der Waals surface area (Å²) in [6.07, 6.45) is 5.14. The largest absolute Gasteiger partial charge is 0.492 e. The highest BCUT2D eigenvalue weighted by atomic mass is 32.1. The second kappa shape index (κ2) is 6.88. The van der Waals surface area contributed by atoms with Gasteiger partial charge in [0, 0.05) is 5.38 Å². The van der Waals surface area contributed by atoms with Crippen LogP contribution in [0.3, 0.4) is 0 Å². The summed E-state index contributed by atoms with van der Waals surface area (Å²) < 4.78 is 5.71. The van der Waals surface area contributed by atoms with Gasteiger partial charge in [-0.25, -0.2) is 0 Å². The van der Waals surface area contributed by atoms with Gasteiger partial charge in [0.05, 0.1) is 6.61 Å². The molecule has 0 aliphatic carbocycles. The topological polar surface area (TPSA) is 9.23 Å². The fourth-order valence-corrected chi connectivity index (χ4v) is 2.02. The number of rotatable bonds is 7. The Hall–Kier alpha value is -0.500. The predicted octanol–water partition coefficient (Wildman–Crippen LogP) is 4.34. The maximum Gasteiger partial charge on any atom is 0.129 e. The highest BCUT2D eigenvalue weighted by molar-refractivity contribution is 7.08. The van der Waals surface area contributed by atoms with Crippen LogP contribution in [0.5, 0.6) is 5.75 Å². The van der Waals surface area contributed by atoms with Crippen LogP contribution in [0.25, 0.3) is 0 Å². The summed E-state index contributed by atoms with van der Waals surface area (Å²) in [5, 5.41) is 4.12. The summed E-state index contributed by atoms with van der Waals surface area (Å²) in [6, 6.07) is 2.04. The van der Waals surface area contributed by atoms with E-state index in [1.807, 2.05) is 6.07 Å². The monoisotopic (exact) mass is 212 g/mol. The molecule has 80 valence electrons. The molecule has 1 aromatic heterocycles. The lowest BCUT2D eigenvalue weighted by atomic mass is 10.0. The van der Waals surface area contributed by atoms with Crippen LogP contribution in [0.4, 0.5) is 0 Å². The highest BCUT2D eigenvalue weighted by Gasteiger charge is 2.06. The van der Waals surface area contributed by atoms with E-state index in [9.17, 15) is 0 Å². The Balaban J connectivity index is 2.20. The predicted molar refractivity (Wildman–Crippen MR) is 63.1 cm³/mol. The van der Waals surface area contributed by atoms with Crippen LogP contribution >= 0.6 is 11.3 Å². The van der Waals surface area contributed by atoms with E-state index in [1.165, 1.54) is 25.7 Å². The third kappa shape index (κ3) is 4.14. The van der Waals surface area contributed by atoms with Gasteiger partial charge in [-0.3, -0.25) is 0 Å². The van der Waals surface area contributed by atoms with Gasteiger partial charge in [-0.15, -0.1) is 11.3 Å². The average molecular weight is 212 g/mol. The Bertz CT molecular complexity index is 218. The lowest BCUT2D eigenvalue weighted by Gasteiger charge is -2.14. The molecule has 1 unspecified atom stereocenters. The SMILES string of the molecule is CCCCC(CC)COc1ccsc1. The van der Waals surface area contributed by atoms with Crippen molar-refractivity contribution in [2.24, 2.45) is 5.92 Å². The fourth-order valence-electron chi connectivity index (χ4n) is 1.45.